The number of hydrogen-bond acceptors (Lipinski definition) is 9. The molecule has 11 nitrogen and oxygen atoms in total. The number of aromatic hydroxyl groups is 1. The monoisotopic (exact) mass is 397 g/mol. The maximum absolute atomic E-state index is 12.0. The van der Waals surface area contributed by atoms with Crippen LogP contribution in [0.25, 0.3) is 10.9 Å². The molecule has 1 aliphatic heterocycles. The van der Waals surface area contributed by atoms with Gasteiger partial charge in [-0.05, 0) is 12.5 Å². The number of anilines is 1. The maximum Gasteiger partial charge on any atom is 0.421 e. The summed E-state index contributed by atoms with van der Waals surface area (Å²) in [5.41, 5.74) is 5.35. The zero-order valence-electron chi connectivity index (χ0n) is 14.5. The van der Waals surface area contributed by atoms with Gasteiger partial charge in [0, 0.05) is 37.6 Å². The molecule has 0 unspecified atom stereocenters. The van der Waals surface area contributed by atoms with Gasteiger partial charge in [0.1, 0.15) is 12.1 Å². The molecule has 1 fully saturated rings. The minimum Gasteiger partial charge on any atom is -0.504 e. The van der Waals surface area contributed by atoms with Crippen LogP contribution in [0.2, 0.25) is 0 Å². The van der Waals surface area contributed by atoms with Crippen molar-refractivity contribution in [3.05, 3.63) is 18.5 Å². The summed E-state index contributed by atoms with van der Waals surface area (Å²) in [6.07, 6.45) is 0.492. The standard InChI is InChI=1S/C15H19N5O6S/c1-25-13-7-10-11(8-12(13)21)17-9-18-14(10)19-3-2-4-20(6-5-19)27(23,24)26-15(16)22/h7-9,21H,2-6H2,1H3,(H2,16,22). The van der Waals surface area contributed by atoms with Gasteiger partial charge in [-0.2, -0.15) is 12.7 Å². The number of ether oxygens (including phenoxy) is 1. The summed E-state index contributed by atoms with van der Waals surface area (Å²) in [6.45, 7) is 1.12. The van der Waals surface area contributed by atoms with Gasteiger partial charge in [0.15, 0.2) is 11.5 Å². The highest BCUT2D eigenvalue weighted by molar-refractivity contribution is 7.84. The summed E-state index contributed by atoms with van der Waals surface area (Å²) in [6, 6.07) is 3.12. The van der Waals surface area contributed by atoms with Crippen molar-refractivity contribution in [1.29, 1.82) is 0 Å². The Balaban J connectivity index is 1.89. The molecule has 0 atom stereocenters. The number of benzene rings is 1. The molecular weight excluding hydrogens is 378 g/mol. The predicted molar refractivity (Wildman–Crippen MR) is 95.7 cm³/mol. The van der Waals surface area contributed by atoms with E-state index in [1.165, 1.54) is 19.5 Å². The third-order valence-corrected chi connectivity index (χ3v) is 5.55. The number of amides is 1. The molecule has 1 amide bonds. The van der Waals surface area contributed by atoms with Gasteiger partial charge in [0.05, 0.1) is 12.6 Å². The molecule has 12 heteroatoms. The molecule has 1 saturated heterocycles. The lowest BCUT2D eigenvalue weighted by atomic mass is 10.2. The van der Waals surface area contributed by atoms with Crippen LogP contribution in [0.5, 0.6) is 11.5 Å². The van der Waals surface area contributed by atoms with E-state index in [1.54, 1.807) is 6.07 Å². The Kier molecular flexibility index (Phi) is 5.19. The molecule has 0 bridgehead atoms. The van der Waals surface area contributed by atoms with Crippen molar-refractivity contribution in [2.24, 2.45) is 5.73 Å². The fourth-order valence-corrected chi connectivity index (χ4v) is 3.93. The summed E-state index contributed by atoms with van der Waals surface area (Å²) in [5.74, 6) is 0.840. The Bertz CT molecular complexity index is 967. The number of nitrogens with two attached hydrogens (primary N) is 1. The van der Waals surface area contributed by atoms with Crippen LogP contribution in [0.3, 0.4) is 0 Å². The fourth-order valence-electron chi connectivity index (χ4n) is 2.96. The Morgan fingerprint density at radius 3 is 2.70 bits per heavy atom. The summed E-state index contributed by atoms with van der Waals surface area (Å²) in [5, 5.41) is 10.6. The van der Waals surface area contributed by atoms with Crippen LogP contribution >= 0.6 is 0 Å². The Morgan fingerprint density at radius 1 is 1.22 bits per heavy atom. The maximum atomic E-state index is 12.0. The predicted octanol–water partition coefficient (Wildman–Crippen LogP) is 0.196. The largest absolute Gasteiger partial charge is 0.504 e. The molecular formula is C15H19N5O6S. The molecule has 0 spiro atoms. The highest BCUT2D eigenvalue weighted by atomic mass is 32.2. The first-order chi connectivity index (χ1) is 12.8. The molecule has 1 aliphatic rings. The first-order valence-corrected chi connectivity index (χ1v) is 9.44. The van der Waals surface area contributed by atoms with E-state index in [2.05, 4.69) is 14.2 Å². The Hall–Kier alpha value is -2.86. The van der Waals surface area contributed by atoms with E-state index in [0.717, 1.165) is 4.31 Å². The van der Waals surface area contributed by atoms with Crippen molar-refractivity contribution in [2.75, 3.05) is 38.2 Å². The number of carbonyl (C=O) groups is 1. The molecule has 0 radical (unpaired) electrons. The molecule has 27 heavy (non-hydrogen) atoms. The Labute approximate surface area is 155 Å². The van der Waals surface area contributed by atoms with Crippen LogP contribution in [0.15, 0.2) is 18.5 Å². The average Bonchev–Trinajstić information content (AvgIpc) is 2.86. The second-order valence-corrected chi connectivity index (χ2v) is 7.38. The molecule has 1 aromatic heterocycles. The molecule has 3 rings (SSSR count). The number of hydrogen-bond donors (Lipinski definition) is 2. The van der Waals surface area contributed by atoms with Gasteiger partial charge >= 0.3 is 16.4 Å². The zero-order chi connectivity index (χ0) is 19.6. The number of phenolic OH excluding ortho intramolecular Hbond substituents is 1. The van der Waals surface area contributed by atoms with E-state index in [1.807, 2.05) is 4.90 Å². The summed E-state index contributed by atoms with van der Waals surface area (Å²) >= 11 is 0. The summed E-state index contributed by atoms with van der Waals surface area (Å²) in [4.78, 5) is 21.2. The average molecular weight is 397 g/mol. The number of nitrogens with zero attached hydrogens (tertiary/aromatic N) is 4. The minimum absolute atomic E-state index is 0.0358. The van der Waals surface area contributed by atoms with Crippen LogP contribution in [0, 0.1) is 0 Å². The molecule has 3 N–H and O–H groups in total. The lowest BCUT2D eigenvalue weighted by Gasteiger charge is -2.23. The van der Waals surface area contributed by atoms with Gasteiger partial charge in [-0.1, -0.05) is 0 Å². The van der Waals surface area contributed by atoms with E-state index in [-0.39, 0.29) is 24.6 Å². The first kappa shape index (κ1) is 18.9. The number of aromatic nitrogens is 2. The lowest BCUT2D eigenvalue weighted by Crippen LogP contribution is -2.38. The van der Waals surface area contributed by atoms with Gasteiger partial charge in [0.25, 0.3) is 0 Å². The van der Waals surface area contributed by atoms with Gasteiger partial charge < -0.3 is 24.7 Å². The van der Waals surface area contributed by atoms with Gasteiger partial charge in [-0.15, -0.1) is 0 Å². The second-order valence-electron chi connectivity index (χ2n) is 5.84. The topological polar surface area (TPSA) is 148 Å². The van der Waals surface area contributed by atoms with E-state index < -0.39 is 16.4 Å². The number of fused-ring (bicyclic) bond motifs is 1. The van der Waals surface area contributed by atoms with Gasteiger partial charge in [-0.25, -0.2) is 14.8 Å². The lowest BCUT2D eigenvalue weighted by molar-refractivity contribution is 0.206. The van der Waals surface area contributed by atoms with E-state index in [0.29, 0.717) is 36.2 Å². The molecule has 1 aromatic carbocycles. The smallest absolute Gasteiger partial charge is 0.421 e. The molecule has 2 aromatic rings. The van der Waals surface area contributed by atoms with Crippen molar-refractivity contribution < 1.29 is 27.2 Å². The first-order valence-electron chi connectivity index (χ1n) is 8.07. The van der Waals surface area contributed by atoms with Crippen LogP contribution in [-0.2, 0) is 14.5 Å². The number of rotatable bonds is 4. The highest BCUT2D eigenvalue weighted by Gasteiger charge is 2.29. The molecule has 2 heterocycles. The van der Waals surface area contributed by atoms with Crippen molar-refractivity contribution in [1.82, 2.24) is 14.3 Å². The van der Waals surface area contributed by atoms with Crippen LogP contribution in [-0.4, -0.2) is 67.2 Å². The van der Waals surface area contributed by atoms with Gasteiger partial charge in [0.2, 0.25) is 0 Å². The zero-order valence-corrected chi connectivity index (χ0v) is 15.3. The van der Waals surface area contributed by atoms with Crippen molar-refractivity contribution in [2.45, 2.75) is 6.42 Å². The number of methoxy groups -OCH3 is 1. The van der Waals surface area contributed by atoms with Crippen molar-refractivity contribution in [3.63, 3.8) is 0 Å². The molecule has 146 valence electrons. The third kappa shape index (κ3) is 3.95. The van der Waals surface area contributed by atoms with Crippen molar-refractivity contribution >= 4 is 33.1 Å². The minimum atomic E-state index is -4.22. The van der Waals surface area contributed by atoms with E-state index >= 15 is 0 Å². The second kappa shape index (κ2) is 7.40. The quantitative estimate of drug-likeness (QED) is 0.737. The van der Waals surface area contributed by atoms with Crippen molar-refractivity contribution in [3.8, 4) is 11.5 Å². The third-order valence-electron chi connectivity index (χ3n) is 4.17. The van der Waals surface area contributed by atoms with Gasteiger partial charge in [-0.3, -0.25) is 0 Å². The SMILES string of the molecule is COc1cc2c(N3CCCN(S(=O)(=O)OC(N)=O)CC3)ncnc2cc1O. The molecule has 0 aliphatic carbocycles. The van der Waals surface area contributed by atoms with Crippen LogP contribution < -0.4 is 15.4 Å². The van der Waals surface area contributed by atoms with E-state index in [9.17, 15) is 18.3 Å². The van der Waals surface area contributed by atoms with Crippen LogP contribution in [0.1, 0.15) is 6.42 Å². The molecule has 0 saturated carbocycles. The number of primary amides is 1. The summed E-state index contributed by atoms with van der Waals surface area (Å²) < 4.78 is 34.5. The van der Waals surface area contributed by atoms with E-state index in [4.69, 9.17) is 10.5 Å². The number of phenols is 1. The highest BCUT2D eigenvalue weighted by Crippen LogP contribution is 2.34. The van der Waals surface area contributed by atoms with Crippen LogP contribution in [0.4, 0.5) is 10.6 Å². The fraction of sp³-hybridized carbons (Fsp3) is 0.400. The Morgan fingerprint density at radius 2 is 2.00 bits per heavy atom. The summed E-state index contributed by atoms with van der Waals surface area (Å²) in [7, 11) is -2.78. The normalized spacial score (nSPS) is 16.1. The number of carbonyl (C=O) groups excluding carboxylic acids is 1.